The minimum Gasteiger partial charge on any atom is -0.456 e. The molecule has 0 aliphatic carbocycles. The van der Waals surface area contributed by atoms with Crippen LogP contribution in [-0.4, -0.2) is 16.9 Å². The highest BCUT2D eigenvalue weighted by molar-refractivity contribution is 7.09. The van der Waals surface area contributed by atoms with Crippen molar-refractivity contribution < 1.29 is 14.3 Å². The summed E-state index contributed by atoms with van der Waals surface area (Å²) in [5.74, 6) is -0.523. The van der Waals surface area contributed by atoms with Crippen molar-refractivity contribution in [2.24, 2.45) is 0 Å². The van der Waals surface area contributed by atoms with Gasteiger partial charge in [0.25, 0.3) is 0 Å². The van der Waals surface area contributed by atoms with E-state index in [0.29, 0.717) is 10.7 Å². The zero-order chi connectivity index (χ0) is 16.7. The number of nitrogens with one attached hydrogen (secondary N) is 1. The van der Waals surface area contributed by atoms with Crippen molar-refractivity contribution in [2.75, 3.05) is 5.32 Å². The summed E-state index contributed by atoms with van der Waals surface area (Å²) in [5, 5.41) is 5.35. The average Bonchev–Trinajstić information content (AvgIpc) is 2.95. The van der Waals surface area contributed by atoms with Crippen LogP contribution >= 0.6 is 11.3 Å². The first-order valence-electron chi connectivity index (χ1n) is 7.16. The largest absolute Gasteiger partial charge is 0.456 e. The fraction of sp³-hybridized carbons (Fsp3) is 0.235. The van der Waals surface area contributed by atoms with Crippen LogP contribution in [-0.2, 0) is 27.4 Å². The Morgan fingerprint density at radius 2 is 2.13 bits per heavy atom. The van der Waals surface area contributed by atoms with Gasteiger partial charge in [-0.2, -0.15) is 0 Å². The molecule has 0 bridgehead atoms. The van der Waals surface area contributed by atoms with Gasteiger partial charge in [0, 0.05) is 17.1 Å². The smallest absolute Gasteiger partial charge is 0.330 e. The molecule has 23 heavy (non-hydrogen) atoms. The molecule has 1 N–H and O–H groups in total. The van der Waals surface area contributed by atoms with Crippen LogP contribution in [0, 0.1) is 6.92 Å². The third-order valence-corrected chi connectivity index (χ3v) is 3.89. The fourth-order valence-electron chi connectivity index (χ4n) is 1.87. The third kappa shape index (κ3) is 5.34. The molecule has 2 aromatic rings. The summed E-state index contributed by atoms with van der Waals surface area (Å²) in [7, 11) is 0. The molecule has 0 unspecified atom stereocenters. The van der Waals surface area contributed by atoms with Crippen LogP contribution in [0.2, 0.25) is 0 Å². The molecule has 1 aromatic heterocycles. The molecular weight excluding hydrogens is 312 g/mol. The van der Waals surface area contributed by atoms with Gasteiger partial charge in [-0.05, 0) is 25.5 Å². The summed E-state index contributed by atoms with van der Waals surface area (Å²) in [4.78, 5) is 27.6. The second-order valence-corrected chi connectivity index (χ2v) is 5.82. The number of aryl methyl sites for hydroxylation is 1. The molecule has 0 saturated carbocycles. The number of nitrogens with zero attached hydrogens (tertiary/aromatic N) is 1. The zero-order valence-electron chi connectivity index (χ0n) is 13.0. The highest BCUT2D eigenvalue weighted by Gasteiger charge is 2.10. The van der Waals surface area contributed by atoms with Gasteiger partial charge < -0.3 is 10.1 Å². The number of amides is 1. The van der Waals surface area contributed by atoms with E-state index in [2.05, 4.69) is 10.3 Å². The summed E-state index contributed by atoms with van der Waals surface area (Å²) in [6, 6.07) is 7.60. The monoisotopic (exact) mass is 330 g/mol. The Bertz CT molecular complexity index is 722. The molecule has 0 saturated heterocycles. The maximum atomic E-state index is 12.1. The van der Waals surface area contributed by atoms with Gasteiger partial charge in [0.05, 0.1) is 12.1 Å². The van der Waals surface area contributed by atoms with Crippen LogP contribution in [0.15, 0.2) is 41.8 Å². The van der Waals surface area contributed by atoms with Crippen molar-refractivity contribution in [3.05, 3.63) is 58.1 Å². The van der Waals surface area contributed by atoms with Crippen LogP contribution in [0.25, 0.3) is 0 Å². The SMILES string of the molecule is C/C=C\C(=O)OCc1csc(CC(=O)Nc2ccccc2C)n1. The summed E-state index contributed by atoms with van der Waals surface area (Å²) < 4.78 is 5.02. The minimum atomic E-state index is -0.403. The van der Waals surface area contributed by atoms with Gasteiger partial charge in [-0.25, -0.2) is 9.78 Å². The Kier molecular flexibility index (Phi) is 6.05. The van der Waals surface area contributed by atoms with Gasteiger partial charge in [0.2, 0.25) is 5.91 Å². The first-order valence-corrected chi connectivity index (χ1v) is 8.04. The topological polar surface area (TPSA) is 68.3 Å². The van der Waals surface area contributed by atoms with E-state index in [1.165, 1.54) is 17.4 Å². The lowest BCUT2D eigenvalue weighted by molar-refractivity contribution is -0.139. The van der Waals surface area contributed by atoms with Gasteiger partial charge >= 0.3 is 5.97 Å². The number of benzene rings is 1. The number of ether oxygens (including phenoxy) is 1. The highest BCUT2D eigenvalue weighted by atomic mass is 32.1. The lowest BCUT2D eigenvalue weighted by Crippen LogP contribution is -2.15. The van der Waals surface area contributed by atoms with E-state index in [1.54, 1.807) is 18.4 Å². The standard InChI is InChI=1S/C17H18N2O3S/c1-3-6-17(21)22-10-13-11-23-16(18-13)9-15(20)19-14-8-5-4-7-12(14)2/h3-8,11H,9-10H2,1-2H3,(H,19,20)/b6-3-. The number of esters is 1. The van der Waals surface area contributed by atoms with Gasteiger partial charge in [-0.3, -0.25) is 4.79 Å². The van der Waals surface area contributed by atoms with Crippen LogP contribution in [0.4, 0.5) is 5.69 Å². The molecule has 120 valence electrons. The number of para-hydroxylation sites is 1. The third-order valence-electron chi connectivity index (χ3n) is 3.00. The molecule has 1 amide bonds. The zero-order valence-corrected chi connectivity index (χ0v) is 13.9. The molecule has 0 aliphatic heterocycles. The summed E-state index contributed by atoms with van der Waals surface area (Å²) in [6.07, 6.45) is 3.16. The Balaban J connectivity index is 1.87. The van der Waals surface area contributed by atoms with Crippen LogP contribution in [0.1, 0.15) is 23.2 Å². The lowest BCUT2D eigenvalue weighted by atomic mass is 10.2. The lowest BCUT2D eigenvalue weighted by Gasteiger charge is -2.06. The van der Waals surface area contributed by atoms with E-state index in [4.69, 9.17) is 4.74 Å². The normalized spacial score (nSPS) is 10.7. The first kappa shape index (κ1) is 16.9. The van der Waals surface area contributed by atoms with Crippen molar-refractivity contribution >= 4 is 28.9 Å². The fourth-order valence-corrected chi connectivity index (χ4v) is 2.65. The number of carbonyl (C=O) groups excluding carboxylic acids is 2. The maximum Gasteiger partial charge on any atom is 0.330 e. The van der Waals surface area contributed by atoms with E-state index in [9.17, 15) is 9.59 Å². The molecule has 0 fully saturated rings. The Hall–Kier alpha value is -2.47. The predicted molar refractivity (Wildman–Crippen MR) is 90.2 cm³/mol. The van der Waals surface area contributed by atoms with Crippen molar-refractivity contribution in [1.82, 2.24) is 4.98 Å². The number of hydrogen-bond acceptors (Lipinski definition) is 5. The molecule has 0 atom stereocenters. The summed E-state index contributed by atoms with van der Waals surface area (Å²) >= 11 is 1.38. The second kappa shape index (κ2) is 8.24. The molecule has 0 radical (unpaired) electrons. The Morgan fingerprint density at radius 3 is 2.87 bits per heavy atom. The van der Waals surface area contributed by atoms with E-state index in [1.807, 2.05) is 31.2 Å². The van der Waals surface area contributed by atoms with Crippen LogP contribution in [0.5, 0.6) is 0 Å². The Morgan fingerprint density at radius 1 is 1.35 bits per heavy atom. The van der Waals surface area contributed by atoms with Crippen LogP contribution in [0.3, 0.4) is 0 Å². The average molecular weight is 330 g/mol. The van der Waals surface area contributed by atoms with Crippen LogP contribution < -0.4 is 5.32 Å². The number of rotatable bonds is 6. The van der Waals surface area contributed by atoms with Gasteiger partial charge in [0.15, 0.2) is 0 Å². The molecule has 0 aliphatic rings. The number of allylic oxidation sites excluding steroid dienone is 1. The van der Waals surface area contributed by atoms with E-state index in [0.717, 1.165) is 11.3 Å². The number of thiazole rings is 1. The number of anilines is 1. The molecule has 2 rings (SSSR count). The van der Waals surface area contributed by atoms with E-state index >= 15 is 0 Å². The minimum absolute atomic E-state index is 0.110. The van der Waals surface area contributed by atoms with Gasteiger partial charge in [-0.15, -0.1) is 11.3 Å². The number of hydrogen-bond donors (Lipinski definition) is 1. The summed E-state index contributed by atoms with van der Waals surface area (Å²) in [6.45, 7) is 3.80. The predicted octanol–water partition coefficient (Wildman–Crippen LogP) is 3.25. The van der Waals surface area contributed by atoms with Crippen molar-refractivity contribution in [3.63, 3.8) is 0 Å². The summed E-state index contributed by atoms with van der Waals surface area (Å²) in [5.41, 5.74) is 2.46. The molecule has 6 heteroatoms. The quantitative estimate of drug-likeness (QED) is 0.652. The molecule has 1 aromatic carbocycles. The van der Waals surface area contributed by atoms with E-state index < -0.39 is 5.97 Å². The molecule has 1 heterocycles. The highest BCUT2D eigenvalue weighted by Crippen LogP contribution is 2.15. The molecule has 0 spiro atoms. The second-order valence-electron chi connectivity index (χ2n) is 4.88. The molecular formula is C17H18N2O3S. The number of carbonyl (C=O) groups is 2. The first-order chi connectivity index (χ1) is 11.1. The van der Waals surface area contributed by atoms with E-state index in [-0.39, 0.29) is 18.9 Å². The van der Waals surface area contributed by atoms with Crippen molar-refractivity contribution in [2.45, 2.75) is 26.9 Å². The number of aromatic nitrogens is 1. The van der Waals surface area contributed by atoms with Crippen molar-refractivity contribution in [3.8, 4) is 0 Å². The Labute approximate surface area is 139 Å². The maximum absolute atomic E-state index is 12.1. The van der Waals surface area contributed by atoms with Crippen molar-refractivity contribution in [1.29, 1.82) is 0 Å². The molecule has 5 nitrogen and oxygen atoms in total. The van der Waals surface area contributed by atoms with Gasteiger partial charge in [-0.1, -0.05) is 24.3 Å². The van der Waals surface area contributed by atoms with Gasteiger partial charge in [0.1, 0.15) is 11.6 Å².